The summed E-state index contributed by atoms with van der Waals surface area (Å²) in [6, 6.07) is 9.16. The van der Waals surface area contributed by atoms with Crippen molar-refractivity contribution in [2.45, 2.75) is 40.2 Å². The molecule has 1 aromatic carbocycles. The Hall–Kier alpha value is -0.860. The third-order valence-corrected chi connectivity index (χ3v) is 3.15. The number of hydrogen-bond acceptors (Lipinski definition) is 2. The van der Waals surface area contributed by atoms with Gasteiger partial charge >= 0.3 is 0 Å². The summed E-state index contributed by atoms with van der Waals surface area (Å²) >= 11 is 0. The average Bonchev–Trinajstić information content (AvgIpc) is 2.31. The normalized spacial score (nSPS) is 12.9. The maximum Gasteiger partial charge on any atom is 0.0164 e. The van der Waals surface area contributed by atoms with E-state index in [-0.39, 0.29) is 0 Å². The fourth-order valence-corrected chi connectivity index (χ4v) is 2.00. The molecule has 1 aromatic rings. The molecule has 2 heteroatoms. The molecule has 0 radical (unpaired) electrons. The molecule has 0 saturated carbocycles. The molecule has 18 heavy (non-hydrogen) atoms. The van der Waals surface area contributed by atoms with Gasteiger partial charge in [-0.3, -0.25) is 0 Å². The first-order valence-electron chi connectivity index (χ1n) is 7.08. The highest BCUT2D eigenvalue weighted by Gasteiger charge is 2.02. The van der Waals surface area contributed by atoms with Gasteiger partial charge < -0.3 is 10.6 Å². The van der Waals surface area contributed by atoms with Crippen LogP contribution in [0.2, 0.25) is 0 Å². The molecule has 0 aliphatic carbocycles. The van der Waals surface area contributed by atoms with Crippen molar-refractivity contribution in [3.05, 3.63) is 35.4 Å². The Labute approximate surface area is 112 Å². The molecule has 2 nitrogen and oxygen atoms in total. The van der Waals surface area contributed by atoms with E-state index in [1.54, 1.807) is 0 Å². The van der Waals surface area contributed by atoms with Crippen LogP contribution >= 0.6 is 0 Å². The molecular formula is C16H28N2. The van der Waals surface area contributed by atoms with Gasteiger partial charge in [0.15, 0.2) is 0 Å². The fraction of sp³-hybridized carbons (Fsp3) is 0.625. The van der Waals surface area contributed by atoms with Gasteiger partial charge in [-0.05, 0) is 50.4 Å². The van der Waals surface area contributed by atoms with Crippen molar-refractivity contribution in [2.24, 2.45) is 5.92 Å². The second-order valence-electron chi connectivity index (χ2n) is 5.58. The van der Waals surface area contributed by atoms with Crippen LogP contribution in [0.15, 0.2) is 24.3 Å². The van der Waals surface area contributed by atoms with E-state index in [2.05, 4.69) is 62.6 Å². The lowest BCUT2D eigenvalue weighted by Crippen LogP contribution is -2.38. The van der Waals surface area contributed by atoms with Crippen LogP contribution in [0, 0.1) is 12.8 Å². The van der Waals surface area contributed by atoms with Gasteiger partial charge in [-0.15, -0.1) is 0 Å². The lowest BCUT2D eigenvalue weighted by molar-refractivity contribution is 0.474. The van der Waals surface area contributed by atoms with Crippen molar-refractivity contribution in [3.63, 3.8) is 0 Å². The smallest absolute Gasteiger partial charge is 0.0164 e. The zero-order valence-electron chi connectivity index (χ0n) is 12.3. The predicted molar refractivity (Wildman–Crippen MR) is 80.1 cm³/mol. The summed E-state index contributed by atoms with van der Waals surface area (Å²) in [4.78, 5) is 0. The topological polar surface area (TPSA) is 24.1 Å². The molecule has 0 aliphatic heterocycles. The van der Waals surface area contributed by atoms with Gasteiger partial charge in [-0.1, -0.05) is 38.1 Å². The van der Waals surface area contributed by atoms with E-state index in [0.717, 1.165) is 32.0 Å². The second kappa shape index (κ2) is 8.28. The van der Waals surface area contributed by atoms with Crippen LogP contribution in [0.1, 0.15) is 31.9 Å². The highest BCUT2D eigenvalue weighted by Crippen LogP contribution is 2.06. The van der Waals surface area contributed by atoms with Crippen molar-refractivity contribution in [3.8, 4) is 0 Å². The molecule has 102 valence electrons. The maximum atomic E-state index is 3.57. The number of rotatable bonds is 8. The monoisotopic (exact) mass is 248 g/mol. The maximum absolute atomic E-state index is 3.57. The molecule has 1 atom stereocenters. The standard InChI is InChI=1S/C16H28N2/c1-13(2)11-17-12-15(4)18-10-9-16-8-6-5-7-14(16)3/h5-8,13,15,17-18H,9-12H2,1-4H3. The summed E-state index contributed by atoms with van der Waals surface area (Å²) < 4.78 is 0. The van der Waals surface area contributed by atoms with Crippen molar-refractivity contribution >= 4 is 0 Å². The molecule has 0 spiro atoms. The van der Waals surface area contributed by atoms with Gasteiger partial charge in [-0.25, -0.2) is 0 Å². The number of benzene rings is 1. The van der Waals surface area contributed by atoms with E-state index in [1.165, 1.54) is 11.1 Å². The molecular weight excluding hydrogens is 220 g/mol. The van der Waals surface area contributed by atoms with Crippen LogP contribution in [0.5, 0.6) is 0 Å². The minimum absolute atomic E-state index is 0.535. The minimum atomic E-state index is 0.535. The Morgan fingerprint density at radius 1 is 1.06 bits per heavy atom. The predicted octanol–water partition coefficient (Wildman–Crippen LogP) is 2.76. The van der Waals surface area contributed by atoms with Crippen LogP contribution in [-0.4, -0.2) is 25.7 Å². The number of nitrogens with one attached hydrogen (secondary N) is 2. The van der Waals surface area contributed by atoms with Crippen LogP contribution in [-0.2, 0) is 6.42 Å². The lowest BCUT2D eigenvalue weighted by Gasteiger charge is -2.16. The van der Waals surface area contributed by atoms with Gasteiger partial charge in [0, 0.05) is 12.6 Å². The van der Waals surface area contributed by atoms with Crippen molar-refractivity contribution in [1.29, 1.82) is 0 Å². The highest BCUT2D eigenvalue weighted by molar-refractivity contribution is 5.25. The number of hydrogen-bond donors (Lipinski definition) is 2. The summed E-state index contributed by atoms with van der Waals surface area (Å²) in [5, 5.41) is 7.05. The SMILES string of the molecule is Cc1ccccc1CCNC(C)CNCC(C)C. The third-order valence-electron chi connectivity index (χ3n) is 3.15. The Bertz CT molecular complexity index is 334. The molecule has 0 bridgehead atoms. The second-order valence-corrected chi connectivity index (χ2v) is 5.58. The highest BCUT2D eigenvalue weighted by atomic mass is 15.0. The van der Waals surface area contributed by atoms with Crippen molar-refractivity contribution < 1.29 is 0 Å². The van der Waals surface area contributed by atoms with Crippen LogP contribution in [0.25, 0.3) is 0 Å². The summed E-state index contributed by atoms with van der Waals surface area (Å²) in [6.07, 6.45) is 1.11. The first-order valence-corrected chi connectivity index (χ1v) is 7.08. The average molecular weight is 248 g/mol. The van der Waals surface area contributed by atoms with Crippen LogP contribution < -0.4 is 10.6 Å². The Morgan fingerprint density at radius 2 is 1.78 bits per heavy atom. The van der Waals surface area contributed by atoms with E-state index in [4.69, 9.17) is 0 Å². The molecule has 0 fully saturated rings. The zero-order chi connectivity index (χ0) is 13.4. The van der Waals surface area contributed by atoms with Gasteiger partial charge in [0.2, 0.25) is 0 Å². The first kappa shape index (κ1) is 15.2. The van der Waals surface area contributed by atoms with E-state index >= 15 is 0 Å². The van der Waals surface area contributed by atoms with E-state index in [9.17, 15) is 0 Å². The Kier molecular flexibility index (Phi) is 6.99. The molecule has 0 aromatic heterocycles. The quantitative estimate of drug-likeness (QED) is 0.739. The largest absolute Gasteiger partial charge is 0.315 e. The van der Waals surface area contributed by atoms with Gasteiger partial charge in [-0.2, -0.15) is 0 Å². The molecule has 0 heterocycles. The minimum Gasteiger partial charge on any atom is -0.315 e. The molecule has 2 N–H and O–H groups in total. The van der Waals surface area contributed by atoms with Gasteiger partial charge in [0.25, 0.3) is 0 Å². The summed E-state index contributed by atoms with van der Waals surface area (Å²) in [7, 11) is 0. The van der Waals surface area contributed by atoms with Crippen LogP contribution in [0.3, 0.4) is 0 Å². The fourth-order valence-electron chi connectivity index (χ4n) is 2.00. The Balaban J connectivity index is 2.15. The summed E-state index contributed by atoms with van der Waals surface area (Å²) in [5.41, 5.74) is 2.84. The van der Waals surface area contributed by atoms with Gasteiger partial charge in [0.1, 0.15) is 0 Å². The molecule has 0 aliphatic rings. The Morgan fingerprint density at radius 3 is 2.44 bits per heavy atom. The lowest BCUT2D eigenvalue weighted by atomic mass is 10.1. The molecule has 0 amide bonds. The van der Waals surface area contributed by atoms with E-state index < -0.39 is 0 Å². The number of aryl methyl sites for hydroxylation is 1. The molecule has 1 unspecified atom stereocenters. The zero-order valence-corrected chi connectivity index (χ0v) is 12.3. The van der Waals surface area contributed by atoms with Crippen LogP contribution in [0.4, 0.5) is 0 Å². The first-order chi connectivity index (χ1) is 8.59. The molecule has 1 rings (SSSR count). The van der Waals surface area contributed by atoms with E-state index in [1.807, 2.05) is 0 Å². The van der Waals surface area contributed by atoms with E-state index in [0.29, 0.717) is 6.04 Å². The summed E-state index contributed by atoms with van der Waals surface area (Å²) in [6.45, 7) is 12.1. The van der Waals surface area contributed by atoms with Gasteiger partial charge in [0.05, 0.1) is 0 Å². The molecule has 0 saturated heterocycles. The summed E-state index contributed by atoms with van der Waals surface area (Å²) in [5.74, 6) is 0.726. The third kappa shape index (κ3) is 6.18. The van der Waals surface area contributed by atoms with Crippen molar-refractivity contribution in [1.82, 2.24) is 10.6 Å². The van der Waals surface area contributed by atoms with Crippen molar-refractivity contribution in [2.75, 3.05) is 19.6 Å².